The molecule has 4 heteroatoms. The summed E-state index contributed by atoms with van der Waals surface area (Å²) in [6, 6.07) is 26.7. The van der Waals surface area contributed by atoms with Crippen molar-refractivity contribution >= 4 is 11.1 Å². The van der Waals surface area contributed by atoms with Gasteiger partial charge in [0.2, 0.25) is 0 Å². The molecule has 5 aromatic rings. The van der Waals surface area contributed by atoms with Gasteiger partial charge in [-0.2, -0.15) is 0 Å². The first-order chi connectivity index (χ1) is 19.1. The SMILES string of the molecule is CC1(C)C2=C(c3ccc(-c4cc(F)cc(F)c4)cc31)C(C)(C)c1cc(-c3cccc(-c4ccncc4)n3)ccc12. The summed E-state index contributed by atoms with van der Waals surface area (Å²) in [5.41, 5.74) is 12.5. The van der Waals surface area contributed by atoms with Crippen LogP contribution >= 0.6 is 0 Å². The molecule has 3 aromatic carbocycles. The zero-order chi connectivity index (χ0) is 27.8. The molecular weight excluding hydrogens is 498 g/mol. The predicted octanol–water partition coefficient (Wildman–Crippen LogP) is 9.25. The van der Waals surface area contributed by atoms with E-state index < -0.39 is 11.6 Å². The number of pyridine rings is 2. The monoisotopic (exact) mass is 526 g/mol. The fourth-order valence-corrected chi connectivity index (χ4v) is 6.73. The van der Waals surface area contributed by atoms with Crippen molar-refractivity contribution < 1.29 is 8.78 Å². The molecule has 196 valence electrons. The van der Waals surface area contributed by atoms with Crippen LogP contribution in [0.4, 0.5) is 8.78 Å². The van der Waals surface area contributed by atoms with Crippen LogP contribution in [0.15, 0.2) is 97.3 Å². The molecule has 0 aliphatic heterocycles. The predicted molar refractivity (Wildman–Crippen MR) is 158 cm³/mol. The van der Waals surface area contributed by atoms with E-state index in [4.69, 9.17) is 4.98 Å². The fraction of sp³-hybridized carbons (Fsp3) is 0.167. The second kappa shape index (κ2) is 8.53. The van der Waals surface area contributed by atoms with Gasteiger partial charge in [0.25, 0.3) is 0 Å². The summed E-state index contributed by atoms with van der Waals surface area (Å²) in [6.45, 7) is 9.09. The number of rotatable bonds is 3. The number of nitrogens with zero attached hydrogens (tertiary/aromatic N) is 2. The molecule has 0 fully saturated rings. The first kappa shape index (κ1) is 24.6. The smallest absolute Gasteiger partial charge is 0.126 e. The first-order valence-electron chi connectivity index (χ1n) is 13.5. The molecule has 0 N–H and O–H groups in total. The number of hydrogen-bond donors (Lipinski definition) is 0. The van der Waals surface area contributed by atoms with Crippen molar-refractivity contribution in [2.45, 2.75) is 38.5 Å². The van der Waals surface area contributed by atoms with E-state index in [-0.39, 0.29) is 10.8 Å². The Morgan fingerprint density at radius 2 is 1.05 bits per heavy atom. The molecule has 40 heavy (non-hydrogen) atoms. The van der Waals surface area contributed by atoms with Crippen LogP contribution in [-0.2, 0) is 10.8 Å². The van der Waals surface area contributed by atoms with E-state index in [1.165, 1.54) is 45.5 Å². The number of allylic oxidation sites excluding steroid dienone is 2. The Kier molecular flexibility index (Phi) is 5.24. The average molecular weight is 527 g/mol. The third kappa shape index (κ3) is 3.59. The molecule has 7 rings (SSSR count). The van der Waals surface area contributed by atoms with Gasteiger partial charge in [0, 0.05) is 40.4 Å². The Morgan fingerprint density at radius 1 is 0.525 bits per heavy atom. The average Bonchev–Trinajstić information content (AvgIpc) is 3.34. The van der Waals surface area contributed by atoms with Gasteiger partial charge in [-0.15, -0.1) is 0 Å². The highest BCUT2D eigenvalue weighted by atomic mass is 19.1. The maximum atomic E-state index is 14.0. The van der Waals surface area contributed by atoms with Crippen LogP contribution < -0.4 is 0 Å². The molecule has 2 aliphatic rings. The maximum absolute atomic E-state index is 14.0. The minimum Gasteiger partial charge on any atom is -0.265 e. The Hall–Kier alpha value is -4.44. The van der Waals surface area contributed by atoms with Gasteiger partial charge in [-0.25, -0.2) is 13.8 Å². The van der Waals surface area contributed by atoms with Crippen LogP contribution in [-0.4, -0.2) is 9.97 Å². The van der Waals surface area contributed by atoms with E-state index >= 15 is 0 Å². The molecule has 0 amide bonds. The number of fused-ring (bicyclic) bond motifs is 4. The van der Waals surface area contributed by atoms with Crippen LogP contribution in [0.5, 0.6) is 0 Å². The zero-order valence-corrected chi connectivity index (χ0v) is 22.9. The first-order valence-corrected chi connectivity index (χ1v) is 13.5. The molecule has 0 saturated heterocycles. The number of benzene rings is 3. The topological polar surface area (TPSA) is 25.8 Å². The molecule has 0 unspecified atom stereocenters. The maximum Gasteiger partial charge on any atom is 0.126 e. The third-order valence-electron chi connectivity index (χ3n) is 8.64. The van der Waals surface area contributed by atoms with E-state index in [2.05, 4.69) is 75.1 Å². The zero-order valence-electron chi connectivity index (χ0n) is 22.9. The van der Waals surface area contributed by atoms with Crippen LogP contribution in [0.25, 0.3) is 44.8 Å². The lowest BCUT2D eigenvalue weighted by molar-refractivity contribution is 0.584. The molecule has 0 saturated carbocycles. The Labute approximate surface area is 233 Å². The summed E-state index contributed by atoms with van der Waals surface area (Å²) < 4.78 is 28.0. The summed E-state index contributed by atoms with van der Waals surface area (Å²) in [4.78, 5) is 9.11. The number of halogens is 2. The molecular formula is C36H28F2N2. The van der Waals surface area contributed by atoms with Gasteiger partial charge in [0.1, 0.15) is 11.6 Å². The van der Waals surface area contributed by atoms with E-state index in [0.717, 1.165) is 34.1 Å². The molecule has 2 nitrogen and oxygen atoms in total. The van der Waals surface area contributed by atoms with E-state index in [9.17, 15) is 8.78 Å². The van der Waals surface area contributed by atoms with Gasteiger partial charge in [0.05, 0.1) is 11.4 Å². The second-order valence-electron chi connectivity index (χ2n) is 11.8. The molecule has 2 heterocycles. The highest BCUT2D eigenvalue weighted by Crippen LogP contribution is 2.63. The van der Waals surface area contributed by atoms with Crippen molar-refractivity contribution in [2.24, 2.45) is 0 Å². The summed E-state index contributed by atoms with van der Waals surface area (Å²) in [6.07, 6.45) is 3.57. The van der Waals surface area contributed by atoms with Crippen molar-refractivity contribution in [2.75, 3.05) is 0 Å². The Morgan fingerprint density at radius 3 is 1.65 bits per heavy atom. The van der Waals surface area contributed by atoms with Gasteiger partial charge < -0.3 is 0 Å². The van der Waals surface area contributed by atoms with Gasteiger partial charge in [0.15, 0.2) is 0 Å². The van der Waals surface area contributed by atoms with Gasteiger partial charge in [-0.05, 0) is 93.1 Å². The summed E-state index contributed by atoms with van der Waals surface area (Å²) in [5.74, 6) is -1.14. The van der Waals surface area contributed by atoms with Crippen LogP contribution in [0, 0.1) is 11.6 Å². The number of aromatic nitrogens is 2. The van der Waals surface area contributed by atoms with E-state index in [0.29, 0.717) is 5.56 Å². The van der Waals surface area contributed by atoms with Crippen molar-refractivity contribution in [1.82, 2.24) is 9.97 Å². The molecule has 0 bridgehead atoms. The fourth-order valence-electron chi connectivity index (χ4n) is 6.73. The minimum atomic E-state index is -0.568. The lowest BCUT2D eigenvalue weighted by atomic mass is 9.75. The summed E-state index contributed by atoms with van der Waals surface area (Å²) in [5, 5.41) is 0. The Bertz CT molecular complexity index is 1850. The van der Waals surface area contributed by atoms with Crippen LogP contribution in [0.1, 0.15) is 49.9 Å². The van der Waals surface area contributed by atoms with Crippen molar-refractivity contribution in [3.63, 3.8) is 0 Å². The van der Waals surface area contributed by atoms with Gasteiger partial charge in [-0.1, -0.05) is 58.0 Å². The molecule has 2 aromatic heterocycles. The molecule has 0 atom stereocenters. The quantitative estimate of drug-likeness (QED) is 0.234. The molecule has 2 aliphatic carbocycles. The number of hydrogen-bond acceptors (Lipinski definition) is 2. The largest absolute Gasteiger partial charge is 0.265 e. The third-order valence-corrected chi connectivity index (χ3v) is 8.64. The van der Waals surface area contributed by atoms with Crippen molar-refractivity contribution in [3.8, 4) is 33.6 Å². The standard InChI is InChI=1S/C36H28F2N2/c1-35(2)29-18-22(24-16-25(37)20-26(38)17-24)8-10-27(29)33-34(35)28-11-9-23(19-30(28)36(33,3)4)32-7-5-6-31(40-32)21-12-14-39-15-13-21/h5-20H,1-4H3. The van der Waals surface area contributed by atoms with Gasteiger partial charge in [-0.3, -0.25) is 4.98 Å². The summed E-state index contributed by atoms with van der Waals surface area (Å²) >= 11 is 0. The Balaban J connectivity index is 1.31. The molecule has 0 spiro atoms. The molecule has 0 radical (unpaired) electrons. The minimum absolute atomic E-state index is 0.224. The second-order valence-corrected chi connectivity index (χ2v) is 11.8. The van der Waals surface area contributed by atoms with Crippen LogP contribution in [0.3, 0.4) is 0 Å². The lowest BCUT2D eigenvalue weighted by Crippen LogP contribution is -2.19. The highest BCUT2D eigenvalue weighted by molar-refractivity contribution is 6.10. The highest BCUT2D eigenvalue weighted by Gasteiger charge is 2.49. The van der Waals surface area contributed by atoms with Crippen LogP contribution in [0.2, 0.25) is 0 Å². The van der Waals surface area contributed by atoms with E-state index in [1.54, 1.807) is 12.4 Å². The summed E-state index contributed by atoms with van der Waals surface area (Å²) in [7, 11) is 0. The lowest BCUT2D eigenvalue weighted by Gasteiger charge is -2.28. The normalized spacial score (nSPS) is 16.1. The van der Waals surface area contributed by atoms with Crippen molar-refractivity contribution in [3.05, 3.63) is 131 Å². The van der Waals surface area contributed by atoms with Gasteiger partial charge >= 0.3 is 0 Å². The van der Waals surface area contributed by atoms with E-state index in [1.807, 2.05) is 24.3 Å². The van der Waals surface area contributed by atoms with Crippen molar-refractivity contribution in [1.29, 1.82) is 0 Å².